The Kier molecular flexibility index (Phi) is 6.91. The number of furan rings is 1. The number of nitrogens with one attached hydrogen (secondary N) is 2. The number of para-hydroxylation sites is 1. The third kappa shape index (κ3) is 4.63. The molecule has 0 amide bonds. The Hall–Kier alpha value is -5.34. The largest absolute Gasteiger partial charge is 0.456 e. The SMILES string of the molecule is CN1C(c2ccccc2)NC(c2cccc3c2sc2ccc(-c4cccc5c4sc4ccccc45)cc23)NC1c1cccc2oc3ccccc3c12. The lowest BCUT2D eigenvalue weighted by atomic mass is 9.98. The first-order valence-corrected chi connectivity index (χ1v) is 19.4. The zero-order chi connectivity index (χ0) is 34.3. The average Bonchev–Trinajstić information content (AvgIpc) is 3.89. The molecule has 1 fully saturated rings. The fourth-order valence-corrected chi connectivity index (χ4v) is 10.9. The van der Waals surface area contributed by atoms with Crippen LogP contribution in [0.4, 0.5) is 0 Å². The molecule has 11 rings (SSSR count). The summed E-state index contributed by atoms with van der Waals surface area (Å²) in [6, 6.07) is 54.9. The summed E-state index contributed by atoms with van der Waals surface area (Å²) in [4.78, 5) is 2.41. The van der Waals surface area contributed by atoms with Crippen LogP contribution in [0.25, 0.3) is 73.4 Å². The van der Waals surface area contributed by atoms with Crippen molar-refractivity contribution in [2.75, 3.05) is 7.05 Å². The molecule has 0 bridgehead atoms. The second kappa shape index (κ2) is 11.9. The number of nitrogens with zero attached hydrogens (tertiary/aromatic N) is 1. The van der Waals surface area contributed by atoms with E-state index in [9.17, 15) is 0 Å². The lowest BCUT2D eigenvalue weighted by Gasteiger charge is -2.46. The van der Waals surface area contributed by atoms with Crippen molar-refractivity contribution in [2.24, 2.45) is 0 Å². The third-order valence-electron chi connectivity index (χ3n) is 10.9. The highest BCUT2D eigenvalue weighted by Gasteiger charge is 2.36. The molecule has 10 aromatic rings. The number of fused-ring (bicyclic) bond motifs is 9. The number of thiophene rings is 2. The van der Waals surface area contributed by atoms with Gasteiger partial charge in [0.05, 0.1) is 18.5 Å². The van der Waals surface area contributed by atoms with Gasteiger partial charge in [-0.15, -0.1) is 22.7 Å². The topological polar surface area (TPSA) is 40.4 Å². The van der Waals surface area contributed by atoms with Crippen LogP contribution < -0.4 is 10.6 Å². The Balaban J connectivity index is 1.06. The van der Waals surface area contributed by atoms with Crippen LogP contribution in [0.3, 0.4) is 0 Å². The van der Waals surface area contributed by atoms with E-state index in [1.807, 2.05) is 28.7 Å². The van der Waals surface area contributed by atoms with Gasteiger partial charge in [-0.2, -0.15) is 0 Å². The Bertz CT molecular complexity index is 2980. The van der Waals surface area contributed by atoms with E-state index in [-0.39, 0.29) is 18.5 Å². The molecule has 3 aromatic heterocycles. The maximum atomic E-state index is 6.35. The number of rotatable bonds is 4. The quantitative estimate of drug-likeness (QED) is 0.191. The van der Waals surface area contributed by atoms with Gasteiger partial charge in [0.15, 0.2) is 0 Å². The smallest absolute Gasteiger partial charge is 0.135 e. The Labute approximate surface area is 308 Å². The molecule has 52 heavy (non-hydrogen) atoms. The summed E-state index contributed by atoms with van der Waals surface area (Å²) in [5, 5.41) is 15.7. The molecular weight excluding hydrogens is 675 g/mol. The molecule has 7 aromatic carbocycles. The van der Waals surface area contributed by atoms with Crippen LogP contribution >= 0.6 is 22.7 Å². The molecule has 0 radical (unpaired) electrons. The van der Waals surface area contributed by atoms with Crippen molar-refractivity contribution in [2.45, 2.75) is 18.5 Å². The zero-order valence-electron chi connectivity index (χ0n) is 28.3. The highest BCUT2D eigenvalue weighted by molar-refractivity contribution is 7.26. The average molecular weight is 708 g/mol. The molecule has 0 aliphatic carbocycles. The minimum absolute atomic E-state index is 0.0242. The number of hydrogen-bond acceptors (Lipinski definition) is 6. The van der Waals surface area contributed by atoms with Crippen molar-refractivity contribution in [3.05, 3.63) is 168 Å². The first kappa shape index (κ1) is 30.3. The highest BCUT2D eigenvalue weighted by Crippen LogP contribution is 2.45. The van der Waals surface area contributed by atoms with Crippen molar-refractivity contribution in [3.8, 4) is 11.1 Å². The van der Waals surface area contributed by atoms with Crippen LogP contribution in [-0.4, -0.2) is 11.9 Å². The predicted octanol–water partition coefficient (Wildman–Crippen LogP) is 12.5. The molecule has 2 N–H and O–H groups in total. The molecule has 1 aliphatic rings. The summed E-state index contributed by atoms with van der Waals surface area (Å²) >= 11 is 3.78. The van der Waals surface area contributed by atoms with Gasteiger partial charge in [0.2, 0.25) is 0 Å². The monoisotopic (exact) mass is 707 g/mol. The molecule has 3 unspecified atom stereocenters. The first-order chi connectivity index (χ1) is 25.7. The molecular formula is C46H33N3OS2. The number of benzene rings is 7. The van der Waals surface area contributed by atoms with Crippen molar-refractivity contribution in [3.63, 3.8) is 0 Å². The van der Waals surface area contributed by atoms with Crippen LogP contribution in [0.15, 0.2) is 156 Å². The standard InChI is InChI=1S/C46H33N3OS2/c1-49-45(27-12-3-2-4-13-27)47-44(48-46(49)34-19-11-22-38-41(34)33-15-5-7-21-37(33)50-38)35-20-10-18-32-36-26-28(24-25-40(36)52-43(32)35)29-16-9-17-31-30-14-6-8-23-39(30)51-42(29)31/h2-26,44-48H,1H3. The van der Waals surface area contributed by atoms with E-state index in [4.69, 9.17) is 4.42 Å². The van der Waals surface area contributed by atoms with E-state index >= 15 is 0 Å². The maximum absolute atomic E-state index is 6.35. The summed E-state index contributed by atoms with van der Waals surface area (Å²) in [6.07, 6.45) is -0.216. The molecule has 0 spiro atoms. The summed E-state index contributed by atoms with van der Waals surface area (Å²) < 4.78 is 11.6. The minimum atomic E-state index is -0.108. The van der Waals surface area contributed by atoms with E-state index in [2.05, 4.69) is 168 Å². The molecule has 3 atom stereocenters. The fraction of sp³-hybridized carbons (Fsp3) is 0.0870. The third-order valence-corrected chi connectivity index (χ3v) is 13.3. The summed E-state index contributed by atoms with van der Waals surface area (Å²) in [5.41, 5.74) is 8.08. The molecule has 4 nitrogen and oxygen atoms in total. The van der Waals surface area contributed by atoms with E-state index in [1.165, 1.54) is 68.2 Å². The van der Waals surface area contributed by atoms with Crippen LogP contribution in [0.5, 0.6) is 0 Å². The molecule has 1 saturated heterocycles. The number of hydrogen-bond donors (Lipinski definition) is 2. The van der Waals surface area contributed by atoms with E-state index in [0.29, 0.717) is 0 Å². The molecule has 0 saturated carbocycles. The van der Waals surface area contributed by atoms with Gasteiger partial charge in [0, 0.05) is 56.7 Å². The minimum Gasteiger partial charge on any atom is -0.456 e. The van der Waals surface area contributed by atoms with Crippen molar-refractivity contribution < 1.29 is 4.42 Å². The fourth-order valence-electron chi connectivity index (χ4n) is 8.42. The van der Waals surface area contributed by atoms with Gasteiger partial charge in [0.25, 0.3) is 0 Å². The van der Waals surface area contributed by atoms with Crippen molar-refractivity contribution >= 4 is 85.0 Å². The molecule has 6 heteroatoms. The Morgan fingerprint density at radius 2 is 1.17 bits per heavy atom. The van der Waals surface area contributed by atoms with E-state index < -0.39 is 0 Å². The maximum Gasteiger partial charge on any atom is 0.135 e. The lowest BCUT2D eigenvalue weighted by Crippen LogP contribution is -2.54. The van der Waals surface area contributed by atoms with Crippen molar-refractivity contribution in [1.82, 2.24) is 15.5 Å². The lowest BCUT2D eigenvalue weighted by molar-refractivity contribution is 0.0428. The molecule has 1 aliphatic heterocycles. The van der Waals surface area contributed by atoms with Crippen LogP contribution in [0.2, 0.25) is 0 Å². The second-order valence-electron chi connectivity index (χ2n) is 13.8. The van der Waals surface area contributed by atoms with E-state index in [1.54, 1.807) is 0 Å². The van der Waals surface area contributed by atoms with Gasteiger partial charge in [-0.1, -0.05) is 121 Å². The predicted molar refractivity (Wildman–Crippen MR) is 220 cm³/mol. The van der Waals surface area contributed by atoms with Gasteiger partial charge in [0.1, 0.15) is 11.2 Å². The van der Waals surface area contributed by atoms with Gasteiger partial charge >= 0.3 is 0 Å². The van der Waals surface area contributed by atoms with Crippen LogP contribution in [0, 0.1) is 0 Å². The normalized spacial score (nSPS) is 18.4. The Morgan fingerprint density at radius 1 is 0.519 bits per heavy atom. The van der Waals surface area contributed by atoms with Crippen LogP contribution in [0.1, 0.15) is 35.2 Å². The van der Waals surface area contributed by atoms with Crippen molar-refractivity contribution in [1.29, 1.82) is 0 Å². The molecule has 250 valence electrons. The second-order valence-corrected chi connectivity index (χ2v) is 15.9. The van der Waals surface area contributed by atoms with Gasteiger partial charge < -0.3 is 4.42 Å². The first-order valence-electron chi connectivity index (χ1n) is 17.7. The van der Waals surface area contributed by atoms with E-state index in [0.717, 1.165) is 21.9 Å². The van der Waals surface area contributed by atoms with Crippen LogP contribution in [-0.2, 0) is 0 Å². The summed E-state index contributed by atoms with van der Waals surface area (Å²) in [5.74, 6) is 0. The van der Waals surface area contributed by atoms with Gasteiger partial charge in [-0.25, -0.2) is 0 Å². The summed E-state index contributed by atoms with van der Waals surface area (Å²) in [6.45, 7) is 0. The highest BCUT2D eigenvalue weighted by atomic mass is 32.1. The van der Waals surface area contributed by atoms with Gasteiger partial charge in [-0.05, 0) is 59.6 Å². The van der Waals surface area contributed by atoms with Gasteiger partial charge in [-0.3, -0.25) is 15.5 Å². The zero-order valence-corrected chi connectivity index (χ0v) is 30.0. The summed E-state index contributed by atoms with van der Waals surface area (Å²) in [7, 11) is 2.21. The molecule has 4 heterocycles. The Morgan fingerprint density at radius 3 is 2.08 bits per heavy atom.